The molecular formula is C13H15BrO5. The molecule has 0 bridgehead atoms. The number of aliphatic hydroxyl groups excluding tert-OH is 1. The molecule has 1 fully saturated rings. The van der Waals surface area contributed by atoms with Crippen molar-refractivity contribution in [1.29, 1.82) is 0 Å². The Morgan fingerprint density at radius 3 is 2.74 bits per heavy atom. The van der Waals surface area contributed by atoms with Crippen LogP contribution in [0.1, 0.15) is 24.5 Å². The van der Waals surface area contributed by atoms with E-state index < -0.39 is 12.1 Å². The van der Waals surface area contributed by atoms with E-state index in [1.54, 1.807) is 12.1 Å². The average Bonchev–Trinajstić information content (AvgIpc) is 3.19. The van der Waals surface area contributed by atoms with Crippen LogP contribution in [0.25, 0.3) is 0 Å². The zero-order chi connectivity index (χ0) is 14.0. The fourth-order valence-corrected chi connectivity index (χ4v) is 2.26. The van der Waals surface area contributed by atoms with Crippen LogP contribution in [0.4, 0.5) is 0 Å². The molecule has 2 rings (SSSR count). The predicted molar refractivity (Wildman–Crippen MR) is 71.5 cm³/mol. The van der Waals surface area contributed by atoms with Crippen LogP contribution >= 0.6 is 15.9 Å². The highest BCUT2D eigenvalue weighted by Crippen LogP contribution is 2.41. The lowest BCUT2D eigenvalue weighted by atomic mass is 10.1. The number of halogens is 1. The fraction of sp³-hybridized carbons (Fsp3) is 0.462. The number of hydrogen-bond donors (Lipinski definition) is 2. The second-order valence-corrected chi connectivity index (χ2v) is 5.34. The standard InChI is InChI=1S/C13H15BrO5/c1-18-9-5-4-8(14)10(11(15)13(16)17)12(9)19-6-7-2-3-7/h4-5,7,11,15H,2-3,6H2,1H3,(H,16,17). The van der Waals surface area contributed by atoms with Gasteiger partial charge in [-0.1, -0.05) is 15.9 Å². The molecule has 1 unspecified atom stereocenters. The molecule has 104 valence electrons. The van der Waals surface area contributed by atoms with Crippen molar-refractivity contribution in [2.45, 2.75) is 18.9 Å². The number of benzene rings is 1. The van der Waals surface area contributed by atoms with Crippen molar-refractivity contribution < 1.29 is 24.5 Å². The van der Waals surface area contributed by atoms with Crippen LogP contribution in [0.3, 0.4) is 0 Å². The fourth-order valence-electron chi connectivity index (χ4n) is 1.73. The number of carboxylic acids is 1. The van der Waals surface area contributed by atoms with E-state index in [1.807, 2.05) is 0 Å². The lowest BCUT2D eigenvalue weighted by Crippen LogP contribution is -2.14. The van der Waals surface area contributed by atoms with Gasteiger partial charge in [-0.2, -0.15) is 0 Å². The van der Waals surface area contributed by atoms with Gasteiger partial charge in [-0.15, -0.1) is 0 Å². The second kappa shape index (κ2) is 5.79. The molecule has 1 aromatic rings. The van der Waals surface area contributed by atoms with E-state index in [0.717, 1.165) is 12.8 Å². The molecule has 0 radical (unpaired) electrons. The molecule has 1 aromatic carbocycles. The highest BCUT2D eigenvalue weighted by Gasteiger charge is 2.28. The number of carboxylic acid groups (broad SMARTS) is 1. The molecule has 5 nitrogen and oxygen atoms in total. The van der Waals surface area contributed by atoms with Gasteiger partial charge >= 0.3 is 5.97 Å². The number of rotatable bonds is 6. The van der Waals surface area contributed by atoms with Crippen molar-refractivity contribution in [3.05, 3.63) is 22.2 Å². The van der Waals surface area contributed by atoms with Crippen LogP contribution in [0.5, 0.6) is 11.5 Å². The van der Waals surface area contributed by atoms with Gasteiger partial charge in [0.15, 0.2) is 17.6 Å². The maximum atomic E-state index is 11.0. The van der Waals surface area contributed by atoms with Crippen molar-refractivity contribution in [3.63, 3.8) is 0 Å². The van der Waals surface area contributed by atoms with Crippen LogP contribution in [-0.4, -0.2) is 29.9 Å². The van der Waals surface area contributed by atoms with Crippen LogP contribution in [0.15, 0.2) is 16.6 Å². The molecule has 0 spiro atoms. The van der Waals surface area contributed by atoms with E-state index in [9.17, 15) is 9.90 Å². The minimum atomic E-state index is -1.65. The number of methoxy groups -OCH3 is 1. The van der Waals surface area contributed by atoms with Crippen LogP contribution in [0, 0.1) is 5.92 Å². The molecule has 0 aromatic heterocycles. The lowest BCUT2D eigenvalue weighted by Gasteiger charge is -2.18. The van der Waals surface area contributed by atoms with Gasteiger partial charge in [0.1, 0.15) is 0 Å². The molecule has 0 amide bonds. The molecule has 2 N–H and O–H groups in total. The van der Waals surface area contributed by atoms with E-state index in [4.69, 9.17) is 14.6 Å². The summed E-state index contributed by atoms with van der Waals surface area (Å²) in [6, 6.07) is 3.30. The largest absolute Gasteiger partial charge is 0.493 e. The minimum Gasteiger partial charge on any atom is -0.493 e. The zero-order valence-electron chi connectivity index (χ0n) is 10.4. The maximum absolute atomic E-state index is 11.0. The van der Waals surface area contributed by atoms with E-state index in [-0.39, 0.29) is 5.56 Å². The molecule has 19 heavy (non-hydrogen) atoms. The Morgan fingerprint density at radius 1 is 1.53 bits per heavy atom. The Bertz CT molecular complexity index is 484. The van der Waals surface area contributed by atoms with Crippen molar-refractivity contribution in [2.75, 3.05) is 13.7 Å². The Kier molecular flexibility index (Phi) is 4.31. The minimum absolute atomic E-state index is 0.188. The van der Waals surface area contributed by atoms with Gasteiger partial charge in [-0.25, -0.2) is 4.79 Å². The van der Waals surface area contributed by atoms with E-state index >= 15 is 0 Å². The summed E-state index contributed by atoms with van der Waals surface area (Å²) in [7, 11) is 1.48. The molecule has 0 saturated heterocycles. The topological polar surface area (TPSA) is 76.0 Å². The SMILES string of the molecule is COc1ccc(Br)c(C(O)C(=O)O)c1OCC1CC1. The summed E-state index contributed by atoms with van der Waals surface area (Å²) < 4.78 is 11.3. The van der Waals surface area contributed by atoms with E-state index in [0.29, 0.717) is 28.5 Å². The van der Waals surface area contributed by atoms with Crippen molar-refractivity contribution in [1.82, 2.24) is 0 Å². The molecule has 1 saturated carbocycles. The monoisotopic (exact) mass is 330 g/mol. The van der Waals surface area contributed by atoms with E-state index in [2.05, 4.69) is 15.9 Å². The summed E-state index contributed by atoms with van der Waals surface area (Å²) in [5.41, 5.74) is 0.188. The van der Waals surface area contributed by atoms with Gasteiger partial charge in [0.2, 0.25) is 0 Å². The van der Waals surface area contributed by atoms with Gasteiger partial charge < -0.3 is 19.7 Å². The highest BCUT2D eigenvalue weighted by molar-refractivity contribution is 9.10. The van der Waals surface area contributed by atoms with Gasteiger partial charge in [-0.05, 0) is 30.9 Å². The van der Waals surface area contributed by atoms with Crippen molar-refractivity contribution in [3.8, 4) is 11.5 Å². The molecule has 1 aliphatic rings. The normalized spacial score (nSPS) is 15.9. The Balaban J connectivity index is 2.37. The summed E-state index contributed by atoms with van der Waals surface area (Å²) in [5.74, 6) is -0.110. The second-order valence-electron chi connectivity index (χ2n) is 4.49. The first-order valence-corrected chi connectivity index (χ1v) is 6.74. The van der Waals surface area contributed by atoms with Crippen molar-refractivity contribution in [2.24, 2.45) is 5.92 Å². The third-order valence-corrected chi connectivity index (χ3v) is 3.69. The molecule has 0 aliphatic heterocycles. The van der Waals surface area contributed by atoms with E-state index in [1.165, 1.54) is 7.11 Å². The summed E-state index contributed by atoms with van der Waals surface area (Å²) in [5, 5.41) is 18.8. The smallest absolute Gasteiger partial charge is 0.337 e. The van der Waals surface area contributed by atoms with Crippen molar-refractivity contribution >= 4 is 21.9 Å². The van der Waals surface area contributed by atoms with Crippen LogP contribution in [-0.2, 0) is 4.79 Å². The van der Waals surface area contributed by atoms with Gasteiger partial charge in [0.25, 0.3) is 0 Å². The summed E-state index contributed by atoms with van der Waals surface area (Å²) in [6.07, 6.45) is 0.582. The average molecular weight is 331 g/mol. The lowest BCUT2D eigenvalue weighted by molar-refractivity contribution is -0.147. The number of aliphatic carboxylic acids is 1. The number of hydrogen-bond acceptors (Lipinski definition) is 4. The quantitative estimate of drug-likeness (QED) is 0.837. The summed E-state index contributed by atoms with van der Waals surface area (Å²) >= 11 is 3.24. The highest BCUT2D eigenvalue weighted by atomic mass is 79.9. The third kappa shape index (κ3) is 3.19. The number of aliphatic hydroxyl groups is 1. The van der Waals surface area contributed by atoms with Gasteiger partial charge in [0.05, 0.1) is 19.3 Å². The van der Waals surface area contributed by atoms with Crippen LogP contribution < -0.4 is 9.47 Å². The van der Waals surface area contributed by atoms with Gasteiger partial charge in [0, 0.05) is 4.47 Å². The third-order valence-electron chi connectivity index (χ3n) is 2.99. The Morgan fingerprint density at radius 2 is 2.21 bits per heavy atom. The maximum Gasteiger partial charge on any atom is 0.337 e. The first-order valence-electron chi connectivity index (χ1n) is 5.94. The molecule has 6 heteroatoms. The zero-order valence-corrected chi connectivity index (χ0v) is 12.0. The molecular weight excluding hydrogens is 316 g/mol. The predicted octanol–water partition coefficient (Wildman–Crippen LogP) is 2.36. The molecule has 0 heterocycles. The first-order chi connectivity index (χ1) is 9.04. The summed E-state index contributed by atoms with van der Waals surface area (Å²) in [6.45, 7) is 0.506. The van der Waals surface area contributed by atoms with Crippen LogP contribution in [0.2, 0.25) is 0 Å². The Hall–Kier alpha value is -1.27. The molecule has 1 atom stereocenters. The first kappa shape index (κ1) is 14.1. The summed E-state index contributed by atoms with van der Waals surface area (Å²) in [4.78, 5) is 11.0. The number of carbonyl (C=O) groups is 1. The van der Waals surface area contributed by atoms with Gasteiger partial charge in [-0.3, -0.25) is 0 Å². The molecule has 1 aliphatic carbocycles. The number of ether oxygens (including phenoxy) is 2. The Labute approximate surface area is 119 Å².